The Hall–Kier alpha value is -5.42. The summed E-state index contributed by atoms with van der Waals surface area (Å²) in [6.07, 6.45) is 0.988. The third kappa shape index (κ3) is 12.5. The van der Waals surface area contributed by atoms with Gasteiger partial charge in [-0.05, 0) is 37.0 Å². The lowest BCUT2D eigenvalue weighted by atomic mass is 10.0. The van der Waals surface area contributed by atoms with Crippen molar-refractivity contribution in [1.29, 1.82) is 0 Å². The van der Waals surface area contributed by atoms with Gasteiger partial charge >= 0.3 is 25.6 Å². The lowest BCUT2D eigenvalue weighted by molar-refractivity contribution is -0.152. The number of carbonyl (C=O) groups excluding carboxylic acids is 4. The second-order valence-corrected chi connectivity index (χ2v) is 15.9. The monoisotopic (exact) mass is 838 g/mol. The number of anilines is 1. The molecule has 2 aromatic carbocycles. The van der Waals surface area contributed by atoms with Gasteiger partial charge in [-0.25, -0.2) is 14.8 Å². The average molecular weight is 839 g/mol. The number of carbonyl (C=O) groups is 5. The predicted molar refractivity (Wildman–Crippen MR) is 214 cm³/mol. The molecular weight excluding hydrogens is 787 g/mol. The number of nitrogens with one attached hydrogen (secondary N) is 1. The van der Waals surface area contributed by atoms with E-state index >= 15 is 0 Å². The van der Waals surface area contributed by atoms with Crippen LogP contribution >= 0.6 is 7.60 Å². The van der Waals surface area contributed by atoms with Crippen LogP contribution in [0, 0.1) is 0 Å². The van der Waals surface area contributed by atoms with Crippen molar-refractivity contribution < 1.29 is 56.9 Å². The largest absolute Gasteiger partial charge is 0.465 e. The third-order valence-corrected chi connectivity index (χ3v) is 11.6. The molecule has 2 saturated heterocycles. The number of hydrogen-bond donors (Lipinski definition) is 2. The van der Waals surface area contributed by atoms with Crippen LogP contribution in [0.3, 0.4) is 0 Å². The summed E-state index contributed by atoms with van der Waals surface area (Å²) < 4.78 is 40.5. The van der Waals surface area contributed by atoms with Gasteiger partial charge in [0.25, 0.3) is 5.91 Å². The highest BCUT2D eigenvalue weighted by Crippen LogP contribution is 2.47. The number of carboxylic acid groups (broad SMARTS) is 1. The van der Waals surface area contributed by atoms with Crippen LogP contribution in [-0.4, -0.2) is 127 Å². The second-order valence-electron chi connectivity index (χ2n) is 13.9. The Kier molecular flexibility index (Phi) is 16.3. The maximum absolute atomic E-state index is 14.2. The molecule has 0 bridgehead atoms. The number of hydrogen-bond acceptors (Lipinski definition) is 14. The van der Waals surface area contributed by atoms with E-state index in [-0.39, 0.29) is 62.5 Å². The molecule has 19 heteroatoms. The predicted octanol–water partition coefficient (Wildman–Crippen LogP) is 3.99. The Balaban J connectivity index is 1.40. The minimum atomic E-state index is -4.22. The Morgan fingerprint density at radius 3 is 2.02 bits per heavy atom. The normalized spacial score (nSPS) is 16.1. The highest BCUT2D eigenvalue weighted by atomic mass is 31.2. The van der Waals surface area contributed by atoms with Gasteiger partial charge in [-0.15, -0.1) is 0 Å². The Morgan fingerprint density at radius 1 is 0.847 bits per heavy atom. The summed E-state index contributed by atoms with van der Waals surface area (Å²) in [4.78, 5) is 77.9. The first-order valence-corrected chi connectivity index (χ1v) is 21.1. The molecule has 318 valence electrons. The molecule has 0 saturated carbocycles. The molecule has 2 N–H and O–H groups in total. The van der Waals surface area contributed by atoms with E-state index in [9.17, 15) is 33.6 Å². The number of rotatable bonds is 19. The first-order chi connectivity index (χ1) is 28.4. The average Bonchev–Trinajstić information content (AvgIpc) is 3.74. The van der Waals surface area contributed by atoms with E-state index in [1.54, 1.807) is 39.2 Å². The zero-order valence-corrected chi connectivity index (χ0v) is 34.3. The van der Waals surface area contributed by atoms with Crippen molar-refractivity contribution in [2.45, 2.75) is 64.5 Å². The second kappa shape index (κ2) is 21.5. The molecule has 2 aliphatic heterocycles. The molecule has 59 heavy (non-hydrogen) atoms. The van der Waals surface area contributed by atoms with Crippen molar-refractivity contribution in [3.63, 3.8) is 0 Å². The Morgan fingerprint density at radius 2 is 1.46 bits per heavy atom. The number of benzene rings is 2. The molecule has 0 spiro atoms. The van der Waals surface area contributed by atoms with Gasteiger partial charge in [0.2, 0.25) is 19.5 Å². The zero-order chi connectivity index (χ0) is 42.4. The topological polar surface area (TPSA) is 216 Å². The van der Waals surface area contributed by atoms with Gasteiger partial charge in [-0.2, -0.15) is 0 Å². The van der Waals surface area contributed by atoms with E-state index in [0.29, 0.717) is 48.7 Å². The number of piperazine rings is 1. The van der Waals surface area contributed by atoms with E-state index in [0.717, 1.165) is 6.42 Å². The lowest BCUT2D eigenvalue weighted by Gasteiger charge is -2.35. The van der Waals surface area contributed by atoms with Crippen LogP contribution in [0.5, 0.6) is 0 Å². The summed E-state index contributed by atoms with van der Waals surface area (Å²) in [7, 11) is -2.57. The molecule has 2 atom stereocenters. The van der Waals surface area contributed by atoms with Crippen molar-refractivity contribution in [2.75, 3.05) is 64.9 Å². The molecule has 2 aliphatic rings. The van der Waals surface area contributed by atoms with Gasteiger partial charge in [-0.1, -0.05) is 56.3 Å². The molecule has 2 fully saturated rings. The van der Waals surface area contributed by atoms with Gasteiger partial charge in [0, 0.05) is 77.3 Å². The van der Waals surface area contributed by atoms with E-state index < -0.39 is 57.1 Å². The number of nitrogens with zero attached hydrogens (tertiary/aromatic N) is 5. The number of ether oxygens (including phenoxy) is 3. The number of aromatic nitrogens is 2. The van der Waals surface area contributed by atoms with Crippen molar-refractivity contribution in [2.24, 2.45) is 0 Å². The van der Waals surface area contributed by atoms with Crippen molar-refractivity contribution >= 4 is 48.6 Å². The fourth-order valence-corrected chi connectivity index (χ4v) is 7.71. The Labute approximate surface area is 342 Å². The smallest absolute Gasteiger partial charge is 0.407 e. The standard InChI is InChI=1S/C40H51N6O12P/c1-4-9-35(47)55-26-57-59(53,58-27-56-36(48)10-5-2)31-15-13-28(14-16-31)23-33(39(50)44-19-21-45(22-20-44)40(51)52)42-38(49)32-24-34(46-18-17-30(25-46)54-3)43-37(41-32)29-11-7-6-8-12-29/h6-8,11-16,24,30,33H,4-5,9-10,17-23,25-27H2,1-3H3,(H,42,49)(H,51,52)/t30-,33-/m0/s1. The van der Waals surface area contributed by atoms with Crippen LogP contribution in [0.1, 0.15) is 62.0 Å². The highest BCUT2D eigenvalue weighted by molar-refractivity contribution is 7.62. The quantitative estimate of drug-likeness (QED) is 0.0992. The van der Waals surface area contributed by atoms with Crippen LogP contribution in [0.2, 0.25) is 0 Å². The molecule has 3 amide bonds. The van der Waals surface area contributed by atoms with Gasteiger partial charge in [0.1, 0.15) is 17.6 Å². The molecular formula is C40H51N6O12P. The van der Waals surface area contributed by atoms with E-state index in [1.807, 2.05) is 35.2 Å². The lowest BCUT2D eigenvalue weighted by Crippen LogP contribution is -2.56. The van der Waals surface area contributed by atoms with Gasteiger partial charge in [0.05, 0.1) is 11.4 Å². The van der Waals surface area contributed by atoms with Crippen molar-refractivity contribution in [3.8, 4) is 11.4 Å². The van der Waals surface area contributed by atoms with Crippen LogP contribution < -0.4 is 15.5 Å². The van der Waals surface area contributed by atoms with Gasteiger partial charge < -0.3 is 39.3 Å². The zero-order valence-electron chi connectivity index (χ0n) is 33.4. The summed E-state index contributed by atoms with van der Waals surface area (Å²) in [6.45, 7) is 3.89. The van der Waals surface area contributed by atoms with E-state index in [1.165, 1.54) is 21.9 Å². The fourth-order valence-electron chi connectivity index (χ4n) is 6.44. The SMILES string of the molecule is CCCC(=O)OCOP(=O)(OCOC(=O)CCC)c1ccc(C[C@H](NC(=O)c2cc(N3CC[C@H](OC)C3)nc(-c3ccccc3)n2)C(=O)N2CCN(C(=O)O)CC2)cc1. The minimum Gasteiger partial charge on any atom is -0.465 e. The maximum atomic E-state index is 14.2. The van der Waals surface area contributed by atoms with Gasteiger partial charge in [0.15, 0.2) is 5.82 Å². The summed E-state index contributed by atoms with van der Waals surface area (Å²) in [6, 6.07) is 15.7. The molecule has 0 aliphatic carbocycles. The molecule has 0 unspecified atom stereocenters. The van der Waals surface area contributed by atoms with Crippen molar-refractivity contribution in [3.05, 3.63) is 71.9 Å². The summed E-state index contributed by atoms with van der Waals surface area (Å²) >= 11 is 0. The fraction of sp³-hybridized carbons (Fsp3) is 0.475. The summed E-state index contributed by atoms with van der Waals surface area (Å²) in [5.41, 5.74) is 1.27. The summed E-state index contributed by atoms with van der Waals surface area (Å²) in [5.74, 6) is -1.33. The van der Waals surface area contributed by atoms with E-state index in [2.05, 4.69) is 10.3 Å². The van der Waals surface area contributed by atoms with Crippen molar-refractivity contribution in [1.82, 2.24) is 25.1 Å². The minimum absolute atomic E-state index is 0.00362. The van der Waals surface area contributed by atoms with Crippen LogP contribution in [-0.2, 0) is 48.6 Å². The molecule has 3 heterocycles. The van der Waals surface area contributed by atoms with Crippen LogP contribution in [0.15, 0.2) is 60.7 Å². The van der Waals surface area contributed by atoms with Crippen LogP contribution in [0.4, 0.5) is 10.6 Å². The molecule has 0 radical (unpaired) electrons. The number of esters is 2. The van der Waals surface area contributed by atoms with Crippen LogP contribution in [0.25, 0.3) is 11.4 Å². The number of methoxy groups -OCH3 is 1. The first-order valence-electron chi connectivity index (χ1n) is 19.5. The summed E-state index contributed by atoms with van der Waals surface area (Å²) in [5, 5.41) is 12.4. The maximum Gasteiger partial charge on any atom is 0.407 e. The number of amides is 3. The highest BCUT2D eigenvalue weighted by Gasteiger charge is 2.33. The molecule has 5 rings (SSSR count). The van der Waals surface area contributed by atoms with E-state index in [4.69, 9.17) is 28.2 Å². The first kappa shape index (κ1) is 44.7. The third-order valence-electron chi connectivity index (χ3n) is 9.73. The molecule has 3 aromatic rings. The Bertz CT molecular complexity index is 1930. The molecule has 18 nitrogen and oxygen atoms in total. The molecule has 1 aromatic heterocycles. The van der Waals surface area contributed by atoms with Gasteiger partial charge in [-0.3, -0.25) is 32.8 Å².